The zero-order chi connectivity index (χ0) is 19.2. The summed E-state index contributed by atoms with van der Waals surface area (Å²) < 4.78 is 25.1. The molecule has 0 saturated carbocycles. The summed E-state index contributed by atoms with van der Waals surface area (Å²) in [4.78, 5) is 12.1. The number of nitrogens with zero attached hydrogens (tertiary/aromatic N) is 1. The van der Waals surface area contributed by atoms with Crippen molar-refractivity contribution in [2.45, 2.75) is 13.0 Å². The van der Waals surface area contributed by atoms with Gasteiger partial charge in [0.05, 0.1) is 12.8 Å². The molecule has 2 rings (SSSR count). The van der Waals surface area contributed by atoms with Gasteiger partial charge in [-0.05, 0) is 35.7 Å². The Hall–Kier alpha value is -1.60. The van der Waals surface area contributed by atoms with Crippen molar-refractivity contribution in [1.82, 2.24) is 9.62 Å². The Bertz CT molecular complexity index is 855. The van der Waals surface area contributed by atoms with E-state index in [1.54, 1.807) is 36.4 Å². The lowest BCUT2D eigenvalue weighted by atomic mass is 10.1. The van der Waals surface area contributed by atoms with Crippen LogP contribution < -0.4 is 5.32 Å². The summed E-state index contributed by atoms with van der Waals surface area (Å²) in [5.74, 6) is -0.364. The van der Waals surface area contributed by atoms with Crippen molar-refractivity contribution in [2.75, 3.05) is 19.3 Å². The Morgan fingerprint density at radius 2 is 1.73 bits per heavy atom. The molecular weight excluding hydrogens is 395 g/mol. The maximum atomic E-state index is 12.1. The van der Waals surface area contributed by atoms with Crippen molar-refractivity contribution < 1.29 is 13.2 Å². The molecule has 0 radical (unpaired) electrons. The van der Waals surface area contributed by atoms with E-state index in [-0.39, 0.29) is 19.0 Å². The molecule has 2 aromatic carbocycles. The highest BCUT2D eigenvalue weighted by molar-refractivity contribution is 7.88. The highest BCUT2D eigenvalue weighted by atomic mass is 35.5. The molecule has 0 saturated heterocycles. The second kappa shape index (κ2) is 9.37. The quantitative estimate of drug-likeness (QED) is 0.721. The Morgan fingerprint density at radius 3 is 2.35 bits per heavy atom. The molecule has 2 aromatic rings. The summed E-state index contributed by atoms with van der Waals surface area (Å²) in [7, 11) is -3.56. The average molecular weight is 415 g/mol. The predicted octanol–water partition coefficient (Wildman–Crippen LogP) is 3.11. The normalized spacial score (nSPS) is 11.5. The van der Waals surface area contributed by atoms with Crippen LogP contribution in [0.3, 0.4) is 0 Å². The number of hydrogen-bond acceptors (Lipinski definition) is 3. The second-order valence-electron chi connectivity index (χ2n) is 5.85. The topological polar surface area (TPSA) is 66.5 Å². The molecule has 0 unspecified atom stereocenters. The number of amides is 1. The molecule has 0 spiro atoms. The zero-order valence-electron chi connectivity index (χ0n) is 14.3. The van der Waals surface area contributed by atoms with Crippen molar-refractivity contribution in [1.29, 1.82) is 0 Å². The van der Waals surface area contributed by atoms with Crippen molar-refractivity contribution in [3.63, 3.8) is 0 Å². The van der Waals surface area contributed by atoms with E-state index in [2.05, 4.69) is 5.32 Å². The highest BCUT2D eigenvalue weighted by Gasteiger charge is 2.21. The third kappa shape index (κ3) is 6.61. The first kappa shape index (κ1) is 20.7. The largest absolute Gasteiger partial charge is 0.355 e. The van der Waals surface area contributed by atoms with E-state index in [4.69, 9.17) is 23.2 Å². The minimum Gasteiger partial charge on any atom is -0.355 e. The molecule has 0 fully saturated rings. The maximum absolute atomic E-state index is 12.1. The van der Waals surface area contributed by atoms with Crippen LogP contribution in [0.1, 0.15) is 11.1 Å². The number of carbonyl (C=O) groups is 1. The summed E-state index contributed by atoms with van der Waals surface area (Å²) in [6.45, 7) is 0.192. The van der Waals surface area contributed by atoms with E-state index in [1.807, 2.05) is 12.1 Å². The van der Waals surface area contributed by atoms with E-state index in [0.29, 0.717) is 28.6 Å². The van der Waals surface area contributed by atoms with E-state index >= 15 is 0 Å². The van der Waals surface area contributed by atoms with Gasteiger partial charge < -0.3 is 5.32 Å². The van der Waals surface area contributed by atoms with Gasteiger partial charge >= 0.3 is 0 Å². The van der Waals surface area contributed by atoms with Gasteiger partial charge in [-0.15, -0.1) is 0 Å². The van der Waals surface area contributed by atoms with Crippen LogP contribution in [0.4, 0.5) is 0 Å². The van der Waals surface area contributed by atoms with E-state index < -0.39 is 10.0 Å². The number of rotatable bonds is 8. The minimum atomic E-state index is -3.56. The van der Waals surface area contributed by atoms with Crippen LogP contribution in [0, 0.1) is 0 Å². The molecule has 1 amide bonds. The van der Waals surface area contributed by atoms with Gasteiger partial charge in [-0.25, -0.2) is 8.42 Å². The molecule has 0 bridgehead atoms. The molecule has 1 N–H and O–H groups in total. The lowest BCUT2D eigenvalue weighted by molar-refractivity contribution is -0.121. The molecule has 26 heavy (non-hydrogen) atoms. The van der Waals surface area contributed by atoms with Gasteiger partial charge in [-0.1, -0.05) is 53.5 Å². The Kier molecular flexibility index (Phi) is 7.46. The second-order valence-corrected chi connectivity index (χ2v) is 8.67. The molecule has 0 heterocycles. The predicted molar refractivity (Wildman–Crippen MR) is 105 cm³/mol. The molecule has 0 aliphatic heterocycles. The molecule has 5 nitrogen and oxygen atoms in total. The molecule has 140 valence electrons. The standard InChI is InChI=1S/C18H20Cl2N2O3S/c1-26(24,25)22(12-15-4-2-3-5-17(15)20)13-18(23)21-11-10-14-6-8-16(19)9-7-14/h2-9H,10-13H2,1H3,(H,21,23). The average Bonchev–Trinajstić information content (AvgIpc) is 2.57. The lowest BCUT2D eigenvalue weighted by Gasteiger charge is -2.20. The van der Waals surface area contributed by atoms with Gasteiger partial charge in [0.1, 0.15) is 0 Å². The fraction of sp³-hybridized carbons (Fsp3) is 0.278. The zero-order valence-corrected chi connectivity index (χ0v) is 16.6. The summed E-state index contributed by atoms with van der Waals surface area (Å²) in [5, 5.41) is 3.85. The summed E-state index contributed by atoms with van der Waals surface area (Å²) in [6, 6.07) is 14.3. The van der Waals surface area contributed by atoms with E-state index in [9.17, 15) is 13.2 Å². The first-order chi connectivity index (χ1) is 12.3. The van der Waals surface area contributed by atoms with Crippen LogP contribution in [0.2, 0.25) is 10.0 Å². The van der Waals surface area contributed by atoms with Crippen LogP contribution in [0.25, 0.3) is 0 Å². The molecule has 0 aliphatic carbocycles. The molecule has 0 aromatic heterocycles. The smallest absolute Gasteiger partial charge is 0.235 e. The summed E-state index contributed by atoms with van der Waals surface area (Å²) in [5.41, 5.74) is 1.68. The monoisotopic (exact) mass is 414 g/mol. The molecule has 8 heteroatoms. The highest BCUT2D eigenvalue weighted by Crippen LogP contribution is 2.18. The first-order valence-electron chi connectivity index (χ1n) is 7.95. The van der Waals surface area contributed by atoms with Gasteiger partial charge in [-0.2, -0.15) is 4.31 Å². The minimum absolute atomic E-state index is 0.0448. The number of benzene rings is 2. The Balaban J connectivity index is 1.92. The van der Waals surface area contributed by atoms with Gasteiger partial charge in [0.25, 0.3) is 0 Å². The Morgan fingerprint density at radius 1 is 1.08 bits per heavy atom. The SMILES string of the molecule is CS(=O)(=O)N(CC(=O)NCCc1ccc(Cl)cc1)Cc1ccccc1Cl. The van der Waals surface area contributed by atoms with Crippen LogP contribution >= 0.6 is 23.2 Å². The third-order valence-electron chi connectivity index (χ3n) is 3.74. The third-order valence-corrected chi connectivity index (χ3v) is 5.56. The molecule has 0 atom stereocenters. The van der Waals surface area contributed by atoms with Gasteiger partial charge in [0, 0.05) is 23.1 Å². The van der Waals surface area contributed by atoms with Crippen molar-refractivity contribution in [3.8, 4) is 0 Å². The van der Waals surface area contributed by atoms with Crippen molar-refractivity contribution in [2.24, 2.45) is 0 Å². The number of halogens is 2. The van der Waals surface area contributed by atoms with E-state index in [0.717, 1.165) is 16.1 Å². The summed E-state index contributed by atoms with van der Waals surface area (Å²) in [6.07, 6.45) is 1.71. The lowest BCUT2D eigenvalue weighted by Crippen LogP contribution is -2.40. The number of nitrogens with one attached hydrogen (secondary N) is 1. The van der Waals surface area contributed by atoms with Crippen LogP contribution in [0.5, 0.6) is 0 Å². The van der Waals surface area contributed by atoms with Crippen LogP contribution in [-0.4, -0.2) is 38.0 Å². The van der Waals surface area contributed by atoms with Gasteiger partial charge in [0.15, 0.2) is 0 Å². The van der Waals surface area contributed by atoms with Gasteiger partial charge in [0.2, 0.25) is 15.9 Å². The fourth-order valence-electron chi connectivity index (χ4n) is 2.32. The number of hydrogen-bond donors (Lipinski definition) is 1. The Labute approximate surface area is 164 Å². The number of carbonyl (C=O) groups excluding carboxylic acids is 1. The first-order valence-corrected chi connectivity index (χ1v) is 10.6. The summed E-state index contributed by atoms with van der Waals surface area (Å²) >= 11 is 11.9. The van der Waals surface area contributed by atoms with Gasteiger partial charge in [-0.3, -0.25) is 4.79 Å². The molecule has 0 aliphatic rings. The van der Waals surface area contributed by atoms with Crippen LogP contribution in [-0.2, 0) is 27.8 Å². The molecular formula is C18H20Cl2N2O3S. The van der Waals surface area contributed by atoms with E-state index in [1.165, 1.54) is 0 Å². The number of sulfonamides is 1. The van der Waals surface area contributed by atoms with Crippen molar-refractivity contribution >= 4 is 39.1 Å². The van der Waals surface area contributed by atoms with Crippen molar-refractivity contribution in [3.05, 3.63) is 69.7 Å². The van der Waals surface area contributed by atoms with Crippen LogP contribution in [0.15, 0.2) is 48.5 Å². The maximum Gasteiger partial charge on any atom is 0.235 e. The fourth-order valence-corrected chi connectivity index (χ4v) is 3.37.